The summed E-state index contributed by atoms with van der Waals surface area (Å²) in [4.78, 5) is 22.5. The maximum atomic E-state index is 11.4. The number of esters is 2. The van der Waals surface area contributed by atoms with Crippen molar-refractivity contribution in [2.24, 2.45) is 0 Å². The van der Waals surface area contributed by atoms with Crippen LogP contribution in [0.4, 0.5) is 0 Å². The summed E-state index contributed by atoms with van der Waals surface area (Å²) in [5, 5.41) is 0. The zero-order valence-corrected chi connectivity index (χ0v) is 16.8. The summed E-state index contributed by atoms with van der Waals surface area (Å²) in [6, 6.07) is 16.2. The third-order valence-electron chi connectivity index (χ3n) is 3.33. The van der Waals surface area contributed by atoms with Crippen LogP contribution in [-0.4, -0.2) is 25.2 Å². The fraction of sp³-hybridized carbons (Fsp3) is 0.333. The largest absolute Gasteiger partial charge is 0.462 e. The highest BCUT2D eigenvalue weighted by Gasteiger charge is 2.05. The second kappa shape index (κ2) is 13.1. The van der Waals surface area contributed by atoms with Crippen LogP contribution in [0.3, 0.4) is 0 Å². The first-order valence-corrected chi connectivity index (χ1v) is 9.52. The average Bonchev–Trinajstić information content (AvgIpc) is 2.66. The smallest absolute Gasteiger partial charge is 0.338 e. The van der Waals surface area contributed by atoms with Gasteiger partial charge in [-0.05, 0) is 43.7 Å². The van der Waals surface area contributed by atoms with Crippen molar-refractivity contribution in [3.05, 3.63) is 70.2 Å². The Morgan fingerprint density at radius 2 is 1.50 bits per heavy atom. The number of hydrogen-bond donors (Lipinski definition) is 0. The Morgan fingerprint density at radius 3 is 2.12 bits per heavy atom. The fourth-order valence-electron chi connectivity index (χ4n) is 2.00. The van der Waals surface area contributed by atoms with E-state index in [1.165, 1.54) is 0 Å². The monoisotopic (exact) mass is 420 g/mol. The number of hydrogen-bond acceptors (Lipinski definition) is 4. The van der Waals surface area contributed by atoms with E-state index in [0.29, 0.717) is 24.3 Å². The van der Waals surface area contributed by atoms with Crippen LogP contribution in [0, 0.1) is 0 Å². The zero-order chi connectivity index (χ0) is 19.2. The van der Waals surface area contributed by atoms with Crippen LogP contribution in [0.2, 0.25) is 0 Å². The number of carbonyl (C=O) groups excluding carboxylic acids is 2. The van der Waals surface area contributed by atoms with Gasteiger partial charge in [-0.3, -0.25) is 0 Å². The van der Waals surface area contributed by atoms with Gasteiger partial charge in [0, 0.05) is 4.47 Å². The molecule has 0 bridgehead atoms. The van der Waals surface area contributed by atoms with Crippen molar-refractivity contribution in [2.45, 2.75) is 33.1 Å². The average molecular weight is 421 g/mol. The summed E-state index contributed by atoms with van der Waals surface area (Å²) < 4.78 is 10.8. The molecule has 0 heterocycles. The normalized spacial score (nSPS) is 9.65. The van der Waals surface area contributed by atoms with Gasteiger partial charge in [0.25, 0.3) is 0 Å². The van der Waals surface area contributed by atoms with Crippen molar-refractivity contribution in [3.8, 4) is 0 Å². The minimum absolute atomic E-state index is 0.221. The van der Waals surface area contributed by atoms with Gasteiger partial charge in [0.2, 0.25) is 0 Å². The van der Waals surface area contributed by atoms with E-state index in [1.807, 2.05) is 24.3 Å². The lowest BCUT2D eigenvalue weighted by Gasteiger charge is -2.03. The molecule has 0 fully saturated rings. The predicted molar refractivity (Wildman–Crippen MR) is 106 cm³/mol. The van der Waals surface area contributed by atoms with Crippen molar-refractivity contribution in [2.75, 3.05) is 13.2 Å². The van der Waals surface area contributed by atoms with Gasteiger partial charge in [-0.2, -0.15) is 0 Å². The number of benzene rings is 2. The molecular formula is C21H25BrO4. The van der Waals surface area contributed by atoms with Gasteiger partial charge in [-0.1, -0.05) is 60.0 Å². The van der Waals surface area contributed by atoms with Crippen LogP contribution in [-0.2, 0) is 9.47 Å². The van der Waals surface area contributed by atoms with E-state index in [2.05, 4.69) is 22.9 Å². The minimum Gasteiger partial charge on any atom is -0.462 e. The quantitative estimate of drug-likeness (QED) is 0.428. The van der Waals surface area contributed by atoms with E-state index in [4.69, 9.17) is 9.47 Å². The summed E-state index contributed by atoms with van der Waals surface area (Å²) >= 11 is 3.27. The third kappa shape index (κ3) is 8.81. The van der Waals surface area contributed by atoms with Crippen LogP contribution in [0.1, 0.15) is 53.8 Å². The summed E-state index contributed by atoms with van der Waals surface area (Å²) in [6.07, 6.45) is 3.21. The van der Waals surface area contributed by atoms with Crippen molar-refractivity contribution >= 4 is 27.9 Å². The van der Waals surface area contributed by atoms with E-state index >= 15 is 0 Å². The molecule has 5 heteroatoms. The molecule has 0 saturated heterocycles. The lowest BCUT2D eigenvalue weighted by Crippen LogP contribution is -2.05. The molecule has 0 aliphatic carbocycles. The van der Waals surface area contributed by atoms with Crippen LogP contribution in [0.5, 0.6) is 0 Å². The third-order valence-corrected chi connectivity index (χ3v) is 3.82. The lowest BCUT2D eigenvalue weighted by molar-refractivity contribution is 0.0495. The Hall–Kier alpha value is -2.14. The number of rotatable bonds is 7. The molecule has 0 radical (unpaired) electrons. The standard InChI is InChI=1S/C12H16O2.C9H9BrO2/c1-2-3-7-10-14-12(13)11-8-5-4-6-9-11;1-2-12-9(11)7-4-3-5-8(10)6-7/h4-6,8-9H,2-3,7,10H2,1H3;3-6H,2H2,1H3. The molecule has 0 atom stereocenters. The van der Waals surface area contributed by atoms with Gasteiger partial charge in [-0.25, -0.2) is 9.59 Å². The molecule has 2 aromatic carbocycles. The molecule has 2 rings (SSSR count). The molecule has 0 unspecified atom stereocenters. The van der Waals surface area contributed by atoms with Crippen molar-refractivity contribution < 1.29 is 19.1 Å². The summed E-state index contributed by atoms with van der Waals surface area (Å²) in [5.74, 6) is -0.500. The summed E-state index contributed by atoms with van der Waals surface area (Å²) in [6.45, 7) is 4.85. The molecule has 4 nitrogen and oxygen atoms in total. The van der Waals surface area contributed by atoms with Gasteiger partial charge >= 0.3 is 11.9 Å². The first kappa shape index (κ1) is 21.9. The van der Waals surface area contributed by atoms with Crippen LogP contribution < -0.4 is 0 Å². The Balaban J connectivity index is 0.000000263. The van der Waals surface area contributed by atoms with Crippen molar-refractivity contribution in [1.29, 1.82) is 0 Å². The molecule has 140 valence electrons. The van der Waals surface area contributed by atoms with E-state index in [-0.39, 0.29) is 11.9 Å². The van der Waals surface area contributed by atoms with Crippen LogP contribution in [0.15, 0.2) is 59.1 Å². The second-order valence-corrected chi connectivity index (χ2v) is 6.36. The van der Waals surface area contributed by atoms with Gasteiger partial charge in [0.1, 0.15) is 0 Å². The van der Waals surface area contributed by atoms with Gasteiger partial charge < -0.3 is 9.47 Å². The molecule has 0 amide bonds. The summed E-state index contributed by atoms with van der Waals surface area (Å²) in [5.41, 5.74) is 1.20. The molecule has 0 aromatic heterocycles. The highest BCUT2D eigenvalue weighted by molar-refractivity contribution is 9.10. The van der Waals surface area contributed by atoms with E-state index in [9.17, 15) is 9.59 Å². The molecule has 0 saturated carbocycles. The summed E-state index contributed by atoms with van der Waals surface area (Å²) in [7, 11) is 0. The first-order chi connectivity index (χ1) is 12.6. The Morgan fingerprint density at radius 1 is 0.846 bits per heavy atom. The molecule has 26 heavy (non-hydrogen) atoms. The highest BCUT2D eigenvalue weighted by Crippen LogP contribution is 2.12. The number of carbonyl (C=O) groups is 2. The van der Waals surface area contributed by atoms with Gasteiger partial charge in [0.15, 0.2) is 0 Å². The zero-order valence-electron chi connectivity index (χ0n) is 15.2. The number of unbranched alkanes of at least 4 members (excludes halogenated alkanes) is 2. The fourth-order valence-corrected chi connectivity index (χ4v) is 2.40. The predicted octanol–water partition coefficient (Wildman–Crippen LogP) is 5.66. The van der Waals surface area contributed by atoms with Crippen LogP contribution >= 0.6 is 15.9 Å². The molecule has 0 spiro atoms. The minimum atomic E-state index is -0.279. The van der Waals surface area contributed by atoms with Crippen LogP contribution in [0.25, 0.3) is 0 Å². The second-order valence-electron chi connectivity index (χ2n) is 5.44. The lowest BCUT2D eigenvalue weighted by atomic mass is 10.2. The molecule has 0 aliphatic heterocycles. The maximum absolute atomic E-state index is 11.4. The maximum Gasteiger partial charge on any atom is 0.338 e. The van der Waals surface area contributed by atoms with Crippen molar-refractivity contribution in [3.63, 3.8) is 0 Å². The van der Waals surface area contributed by atoms with Gasteiger partial charge in [-0.15, -0.1) is 0 Å². The Bertz CT molecular complexity index is 671. The molecular weight excluding hydrogens is 396 g/mol. The highest BCUT2D eigenvalue weighted by atomic mass is 79.9. The Labute approximate surface area is 163 Å². The van der Waals surface area contributed by atoms with E-state index < -0.39 is 0 Å². The van der Waals surface area contributed by atoms with Gasteiger partial charge in [0.05, 0.1) is 24.3 Å². The van der Waals surface area contributed by atoms with E-state index in [0.717, 1.165) is 23.7 Å². The molecule has 0 N–H and O–H groups in total. The number of halogens is 1. The van der Waals surface area contributed by atoms with Crippen molar-refractivity contribution in [1.82, 2.24) is 0 Å². The van der Waals surface area contributed by atoms with E-state index in [1.54, 1.807) is 37.3 Å². The molecule has 2 aromatic rings. The topological polar surface area (TPSA) is 52.6 Å². The molecule has 0 aliphatic rings. The first-order valence-electron chi connectivity index (χ1n) is 8.73. The number of ether oxygens (including phenoxy) is 2. The SMILES string of the molecule is CCCCCOC(=O)c1ccccc1.CCOC(=O)c1cccc(Br)c1. The Kier molecular flexibility index (Phi) is 11.0.